The first-order valence-corrected chi connectivity index (χ1v) is 12.3. The lowest BCUT2D eigenvalue weighted by Gasteiger charge is -2.36. The number of benzene rings is 2. The van der Waals surface area contributed by atoms with Crippen molar-refractivity contribution in [3.63, 3.8) is 0 Å². The van der Waals surface area contributed by atoms with Crippen LogP contribution in [-0.4, -0.2) is 71.8 Å². The molecule has 0 bridgehead atoms. The van der Waals surface area contributed by atoms with Gasteiger partial charge in [0.05, 0.1) is 6.10 Å². The third kappa shape index (κ3) is 7.82. The fraction of sp³-hybridized carbons (Fsp3) is 0.393. The highest BCUT2D eigenvalue weighted by Gasteiger charge is 2.20. The van der Waals surface area contributed by atoms with Crippen molar-refractivity contribution in [1.82, 2.24) is 14.8 Å². The van der Waals surface area contributed by atoms with E-state index in [4.69, 9.17) is 0 Å². The van der Waals surface area contributed by atoms with Crippen molar-refractivity contribution in [3.8, 4) is 0 Å². The smallest absolute Gasteiger partial charge is 0.123 e. The average molecular weight is 481 g/mol. The SMILES string of the molecule is OC(CNc1ccncc1)CN1CCN(CCCC(c2ccc(F)cc2)c2ccc(F)cc2)CC1. The van der Waals surface area contributed by atoms with Gasteiger partial charge in [-0.15, -0.1) is 0 Å². The third-order valence-corrected chi connectivity index (χ3v) is 6.67. The minimum absolute atomic E-state index is 0.112. The Bertz CT molecular complexity index is 964. The molecule has 4 rings (SSSR count). The maximum atomic E-state index is 13.5. The Balaban J connectivity index is 1.21. The van der Waals surface area contributed by atoms with Crippen LogP contribution >= 0.6 is 0 Å². The number of pyridine rings is 1. The summed E-state index contributed by atoms with van der Waals surface area (Å²) in [5.74, 6) is -0.383. The van der Waals surface area contributed by atoms with E-state index < -0.39 is 6.10 Å². The van der Waals surface area contributed by atoms with Gasteiger partial charge in [-0.3, -0.25) is 9.88 Å². The third-order valence-electron chi connectivity index (χ3n) is 6.67. The number of nitrogens with zero attached hydrogens (tertiary/aromatic N) is 3. The lowest BCUT2D eigenvalue weighted by atomic mass is 9.87. The van der Waals surface area contributed by atoms with Gasteiger partial charge in [-0.25, -0.2) is 8.78 Å². The molecule has 1 aliphatic rings. The summed E-state index contributed by atoms with van der Waals surface area (Å²) in [5.41, 5.74) is 3.07. The lowest BCUT2D eigenvalue weighted by Crippen LogP contribution is -2.49. The van der Waals surface area contributed by atoms with Gasteiger partial charge >= 0.3 is 0 Å². The Hall–Kier alpha value is -2.87. The summed E-state index contributed by atoms with van der Waals surface area (Å²) < 4.78 is 26.9. The fourth-order valence-electron chi connectivity index (χ4n) is 4.70. The van der Waals surface area contributed by atoms with Crippen LogP contribution in [0.15, 0.2) is 73.1 Å². The van der Waals surface area contributed by atoms with Crippen LogP contribution in [0.4, 0.5) is 14.5 Å². The molecule has 0 radical (unpaired) electrons. The van der Waals surface area contributed by atoms with Gasteiger partial charge in [-0.2, -0.15) is 0 Å². The topological polar surface area (TPSA) is 51.6 Å². The van der Waals surface area contributed by atoms with E-state index in [0.29, 0.717) is 13.1 Å². The van der Waals surface area contributed by atoms with E-state index in [-0.39, 0.29) is 17.6 Å². The van der Waals surface area contributed by atoms with Gasteiger partial charge in [0, 0.05) is 63.3 Å². The summed E-state index contributed by atoms with van der Waals surface area (Å²) in [5, 5.41) is 13.6. The first kappa shape index (κ1) is 25.2. The molecule has 1 atom stereocenters. The number of aromatic nitrogens is 1. The Labute approximate surface area is 206 Å². The molecule has 2 aromatic carbocycles. The molecule has 1 saturated heterocycles. The second-order valence-corrected chi connectivity index (χ2v) is 9.21. The number of aliphatic hydroxyl groups excluding tert-OH is 1. The number of hydrogen-bond donors (Lipinski definition) is 2. The zero-order valence-electron chi connectivity index (χ0n) is 20.0. The molecular formula is C28H34F2N4O. The monoisotopic (exact) mass is 480 g/mol. The molecular weight excluding hydrogens is 446 g/mol. The number of hydrogen-bond acceptors (Lipinski definition) is 5. The second-order valence-electron chi connectivity index (χ2n) is 9.21. The van der Waals surface area contributed by atoms with Crippen LogP contribution in [0.5, 0.6) is 0 Å². The molecule has 1 fully saturated rings. The van der Waals surface area contributed by atoms with E-state index in [1.807, 2.05) is 36.4 Å². The minimum Gasteiger partial charge on any atom is -0.390 e. The van der Waals surface area contributed by atoms with Crippen molar-refractivity contribution in [2.45, 2.75) is 24.9 Å². The van der Waals surface area contributed by atoms with Crippen LogP contribution in [0.1, 0.15) is 29.9 Å². The average Bonchev–Trinajstić information content (AvgIpc) is 2.88. The molecule has 1 aromatic heterocycles. The number of halogens is 2. The predicted molar refractivity (Wildman–Crippen MR) is 135 cm³/mol. The van der Waals surface area contributed by atoms with Gasteiger partial charge in [0.1, 0.15) is 11.6 Å². The highest BCUT2D eigenvalue weighted by atomic mass is 19.1. The van der Waals surface area contributed by atoms with Crippen LogP contribution in [0.25, 0.3) is 0 Å². The molecule has 2 N–H and O–H groups in total. The maximum absolute atomic E-state index is 13.5. The fourth-order valence-corrected chi connectivity index (χ4v) is 4.70. The van der Waals surface area contributed by atoms with Crippen molar-refractivity contribution in [1.29, 1.82) is 0 Å². The first-order valence-electron chi connectivity index (χ1n) is 12.3. The first-order chi connectivity index (χ1) is 17.1. The molecule has 0 amide bonds. The molecule has 5 nitrogen and oxygen atoms in total. The van der Waals surface area contributed by atoms with E-state index in [0.717, 1.165) is 62.4 Å². The van der Waals surface area contributed by atoms with Crippen molar-refractivity contribution >= 4 is 5.69 Å². The Morgan fingerprint density at radius 1 is 0.800 bits per heavy atom. The van der Waals surface area contributed by atoms with E-state index in [2.05, 4.69) is 20.1 Å². The Kier molecular flexibility index (Phi) is 9.17. The zero-order valence-corrected chi connectivity index (χ0v) is 20.0. The summed E-state index contributed by atoms with van der Waals surface area (Å²) in [6, 6.07) is 17.1. The summed E-state index contributed by atoms with van der Waals surface area (Å²) in [4.78, 5) is 8.78. The molecule has 7 heteroatoms. The summed E-state index contributed by atoms with van der Waals surface area (Å²) >= 11 is 0. The van der Waals surface area contributed by atoms with Crippen molar-refractivity contribution in [2.24, 2.45) is 0 Å². The van der Waals surface area contributed by atoms with Crippen LogP contribution in [-0.2, 0) is 0 Å². The second kappa shape index (κ2) is 12.7. The quantitative estimate of drug-likeness (QED) is 0.427. The largest absolute Gasteiger partial charge is 0.390 e. The maximum Gasteiger partial charge on any atom is 0.123 e. The molecule has 0 aliphatic carbocycles. The Morgan fingerprint density at radius 3 is 1.91 bits per heavy atom. The Morgan fingerprint density at radius 2 is 1.34 bits per heavy atom. The highest BCUT2D eigenvalue weighted by Crippen LogP contribution is 2.30. The molecule has 1 unspecified atom stereocenters. The van der Waals surface area contributed by atoms with Crippen LogP contribution in [0, 0.1) is 11.6 Å². The number of nitrogens with one attached hydrogen (secondary N) is 1. The van der Waals surface area contributed by atoms with Crippen molar-refractivity contribution in [3.05, 3.63) is 95.8 Å². The van der Waals surface area contributed by atoms with Gasteiger partial charge in [-0.05, 0) is 66.9 Å². The molecule has 3 aromatic rings. The molecule has 35 heavy (non-hydrogen) atoms. The molecule has 1 aliphatic heterocycles. The predicted octanol–water partition coefficient (Wildman–Crippen LogP) is 4.36. The number of β-amino-alcohol motifs (C(OH)–C–C–N with tert-alkyl or cyclic N) is 1. The van der Waals surface area contributed by atoms with E-state index >= 15 is 0 Å². The normalized spacial score (nSPS) is 15.9. The van der Waals surface area contributed by atoms with Crippen molar-refractivity contribution < 1.29 is 13.9 Å². The van der Waals surface area contributed by atoms with Gasteiger partial charge in [-0.1, -0.05) is 24.3 Å². The van der Waals surface area contributed by atoms with E-state index in [9.17, 15) is 13.9 Å². The van der Waals surface area contributed by atoms with E-state index in [1.165, 1.54) is 24.3 Å². The minimum atomic E-state index is -0.429. The standard InChI is InChI=1S/C28H34F2N4O/c29-24-7-3-22(4-8-24)28(23-5-9-25(30)10-6-23)2-1-15-33-16-18-34(19-17-33)21-27(35)20-32-26-11-13-31-14-12-26/h3-14,27-28,35H,1-2,15-21H2,(H,31,32). The lowest BCUT2D eigenvalue weighted by molar-refractivity contribution is 0.0776. The molecule has 2 heterocycles. The van der Waals surface area contributed by atoms with Crippen LogP contribution < -0.4 is 5.32 Å². The number of piperazine rings is 1. The number of anilines is 1. The molecule has 0 saturated carbocycles. The van der Waals surface area contributed by atoms with Crippen molar-refractivity contribution in [2.75, 3.05) is 51.1 Å². The summed E-state index contributed by atoms with van der Waals surface area (Å²) in [6.45, 7) is 5.97. The van der Waals surface area contributed by atoms with Gasteiger partial charge < -0.3 is 15.3 Å². The molecule has 0 spiro atoms. The van der Waals surface area contributed by atoms with E-state index in [1.54, 1.807) is 12.4 Å². The zero-order chi connectivity index (χ0) is 24.5. The summed E-state index contributed by atoms with van der Waals surface area (Å²) in [7, 11) is 0. The number of rotatable bonds is 11. The van der Waals surface area contributed by atoms with Crippen LogP contribution in [0.3, 0.4) is 0 Å². The summed E-state index contributed by atoms with van der Waals surface area (Å²) in [6.07, 6.45) is 4.95. The van der Waals surface area contributed by atoms with Gasteiger partial charge in [0.15, 0.2) is 0 Å². The highest BCUT2D eigenvalue weighted by molar-refractivity contribution is 5.40. The van der Waals surface area contributed by atoms with Crippen LogP contribution in [0.2, 0.25) is 0 Å². The van der Waals surface area contributed by atoms with Gasteiger partial charge in [0.25, 0.3) is 0 Å². The molecule has 186 valence electrons. The number of aliphatic hydroxyl groups is 1. The van der Waals surface area contributed by atoms with Gasteiger partial charge in [0.2, 0.25) is 0 Å².